The Hall–Kier alpha value is -2.36. The summed E-state index contributed by atoms with van der Waals surface area (Å²) in [6, 6.07) is 3.56. The van der Waals surface area contributed by atoms with Gasteiger partial charge in [-0.3, -0.25) is 4.79 Å². The Kier molecular flexibility index (Phi) is 7.44. The lowest BCUT2D eigenvalue weighted by Gasteiger charge is -2.29. The highest BCUT2D eigenvalue weighted by atomic mass is 32.3. The Balaban J connectivity index is 3.03. The van der Waals surface area contributed by atoms with Crippen molar-refractivity contribution in [3.05, 3.63) is 42.0 Å². The number of carbonyl (C=O) groups excluding carboxylic acids is 1. The second-order valence-corrected chi connectivity index (χ2v) is 8.99. The fraction of sp³-hybridized carbons (Fsp3) is 0.400. The topological polar surface area (TPSA) is 107 Å². The molecule has 0 saturated carbocycles. The van der Waals surface area contributed by atoms with Crippen LogP contribution in [-0.2, 0) is 31.6 Å². The molecule has 31 heavy (non-hydrogen) atoms. The van der Waals surface area contributed by atoms with Gasteiger partial charge in [-0.1, -0.05) is 22.6 Å². The van der Waals surface area contributed by atoms with E-state index in [9.17, 15) is 51.9 Å². The van der Waals surface area contributed by atoms with Crippen LogP contribution in [0.5, 0.6) is 5.75 Å². The van der Waals surface area contributed by atoms with E-state index < -0.39 is 48.4 Å². The molecule has 0 bridgehead atoms. The number of amides is 1. The first kappa shape index (κ1) is 26.7. The van der Waals surface area contributed by atoms with Crippen molar-refractivity contribution in [1.82, 2.24) is 5.32 Å². The molecule has 0 aliphatic carbocycles. The molecule has 0 heterocycles. The van der Waals surface area contributed by atoms with Crippen molar-refractivity contribution in [3.8, 4) is 5.75 Å². The maximum Gasteiger partial charge on any atom is 0.450 e. The number of hydrogen-bond acceptors (Lipinski definition) is 6. The third kappa shape index (κ3) is 5.28. The van der Waals surface area contributed by atoms with E-state index in [1.807, 2.05) is 0 Å². The van der Waals surface area contributed by atoms with Gasteiger partial charge in [0.2, 0.25) is 5.91 Å². The van der Waals surface area contributed by atoms with E-state index in [-0.39, 0.29) is 18.5 Å². The molecule has 1 aromatic carbocycles. The molecule has 1 amide bonds. The lowest BCUT2D eigenvalue weighted by Crippen LogP contribution is -2.60. The Morgan fingerprint density at radius 2 is 1.48 bits per heavy atom. The van der Waals surface area contributed by atoms with Crippen LogP contribution in [-0.4, -0.2) is 45.7 Å². The number of hydrogen-bond donors (Lipinski definition) is 1. The number of alkyl halides is 6. The van der Waals surface area contributed by atoms with Crippen molar-refractivity contribution < 1.29 is 56.0 Å². The van der Waals surface area contributed by atoms with Gasteiger partial charge in [0.25, 0.3) is 0 Å². The summed E-state index contributed by atoms with van der Waals surface area (Å²) in [5.74, 6) is -8.69. The number of carbonyl (C=O) groups is 1. The van der Waals surface area contributed by atoms with Gasteiger partial charge in [-0.05, 0) is 31.0 Å². The number of rotatable bonds is 10. The van der Waals surface area contributed by atoms with Crippen molar-refractivity contribution in [2.75, 3.05) is 6.54 Å². The van der Waals surface area contributed by atoms with Gasteiger partial charge in [0, 0.05) is 12.1 Å². The van der Waals surface area contributed by atoms with E-state index in [4.69, 9.17) is 0 Å². The molecule has 7 nitrogen and oxygen atoms in total. The van der Waals surface area contributed by atoms with Crippen molar-refractivity contribution in [2.24, 2.45) is 0 Å². The summed E-state index contributed by atoms with van der Waals surface area (Å²) in [5, 5.41) is -11.5. The molecule has 176 valence electrons. The molecule has 0 fully saturated rings. The Bertz CT molecular complexity index is 1050. The number of benzene rings is 1. The summed E-state index contributed by atoms with van der Waals surface area (Å²) in [7, 11) is -14.5. The molecular formula is C15H14F7NO6S2. The van der Waals surface area contributed by atoms with Gasteiger partial charge in [-0.2, -0.15) is 43.2 Å². The summed E-state index contributed by atoms with van der Waals surface area (Å²) in [6.07, 6.45) is 0.154. The normalized spacial score (nSPS) is 13.5. The summed E-state index contributed by atoms with van der Waals surface area (Å²) < 4.78 is 139. The average molecular weight is 501 g/mol. The summed E-state index contributed by atoms with van der Waals surface area (Å²) in [4.78, 5) is 11.3. The minimum atomic E-state index is -7.62. The van der Waals surface area contributed by atoms with Gasteiger partial charge < -0.3 is 9.50 Å². The predicted octanol–water partition coefficient (Wildman–Crippen LogP) is 2.75. The van der Waals surface area contributed by atoms with E-state index in [2.05, 4.69) is 16.1 Å². The molecule has 0 atom stereocenters. The Morgan fingerprint density at radius 1 is 1.00 bits per heavy atom. The van der Waals surface area contributed by atoms with Gasteiger partial charge in [0.15, 0.2) is 0 Å². The maximum absolute atomic E-state index is 13.7. The molecule has 0 aliphatic rings. The minimum Gasteiger partial charge on any atom is -0.378 e. The zero-order valence-electron chi connectivity index (χ0n) is 15.3. The smallest absolute Gasteiger partial charge is 0.378 e. The van der Waals surface area contributed by atoms with Crippen LogP contribution in [0.1, 0.15) is 12.5 Å². The lowest BCUT2D eigenvalue weighted by atomic mass is 10.1. The molecule has 0 aromatic heterocycles. The average Bonchev–Trinajstić information content (AvgIpc) is 2.61. The van der Waals surface area contributed by atoms with Gasteiger partial charge in [-0.15, -0.1) is 0 Å². The summed E-state index contributed by atoms with van der Waals surface area (Å²) in [6.45, 7) is 4.92. The molecule has 1 N–H and O–H groups in total. The van der Waals surface area contributed by atoms with Crippen molar-refractivity contribution >= 4 is 26.2 Å². The Labute approximate surface area is 172 Å². The molecule has 0 saturated heterocycles. The van der Waals surface area contributed by atoms with Crippen LogP contribution in [0.4, 0.5) is 30.2 Å². The predicted molar refractivity (Wildman–Crippen MR) is 92.4 cm³/mol. The van der Waals surface area contributed by atoms with E-state index >= 15 is 0 Å². The largest absolute Gasteiger partial charge is 0.450 e. The number of halogens is 7. The second kappa shape index (κ2) is 8.64. The Morgan fingerprint density at radius 3 is 1.90 bits per heavy atom. The number of nitrogens with one attached hydrogen (secondary N) is 1. The van der Waals surface area contributed by atoms with Gasteiger partial charge in [0.05, 0.1) is 0 Å². The van der Waals surface area contributed by atoms with E-state index in [0.717, 1.165) is 12.1 Å². The fourth-order valence-corrected chi connectivity index (χ4v) is 3.25. The summed E-state index contributed by atoms with van der Waals surface area (Å²) in [5.41, 5.74) is 0.608. The van der Waals surface area contributed by atoms with Crippen molar-refractivity contribution in [3.63, 3.8) is 0 Å². The van der Waals surface area contributed by atoms with Gasteiger partial charge in [-0.25, -0.2) is 0 Å². The van der Waals surface area contributed by atoms with Crippen molar-refractivity contribution in [2.45, 2.75) is 29.8 Å². The zero-order chi connectivity index (χ0) is 24.5. The summed E-state index contributed by atoms with van der Waals surface area (Å²) >= 11 is 0. The van der Waals surface area contributed by atoms with Gasteiger partial charge >= 0.3 is 36.8 Å². The molecule has 1 aromatic rings. The molecule has 0 radical (unpaired) electrons. The van der Waals surface area contributed by atoms with Crippen LogP contribution in [0.15, 0.2) is 36.4 Å². The second-order valence-electron chi connectivity index (χ2n) is 6.01. The van der Waals surface area contributed by atoms with E-state index in [0.29, 0.717) is 17.7 Å². The maximum atomic E-state index is 13.7. The molecule has 0 unspecified atom stereocenters. The monoisotopic (exact) mass is 501 g/mol. The fourth-order valence-electron chi connectivity index (χ4n) is 1.84. The SMILES string of the molecule is C=C(C)C(=O)NCCc1ccc(OS(=O)(=O)C(F)(F)C(F)(F)C(F)(F)S(=O)(=O)F)cc1. The standard InChI is InChI=1S/C15H14F7NO6S2/c1-9(2)12(24)23-8-7-10-3-5-11(6-4-10)29-31(27,28)15(20,21)13(16,17)14(18,19)30(22,25)26/h3-6H,1,7-8H2,2H3,(H,23,24). The third-order valence-corrected chi connectivity index (χ3v) is 5.73. The molecule has 16 heteroatoms. The highest BCUT2D eigenvalue weighted by molar-refractivity contribution is 7.89. The first-order chi connectivity index (χ1) is 13.8. The van der Waals surface area contributed by atoms with Crippen LogP contribution in [0.2, 0.25) is 0 Å². The highest BCUT2D eigenvalue weighted by Crippen LogP contribution is 2.51. The quantitative estimate of drug-likeness (QED) is 0.229. The minimum absolute atomic E-state index is 0.0846. The van der Waals surface area contributed by atoms with Crippen LogP contribution >= 0.6 is 0 Å². The van der Waals surface area contributed by atoms with E-state index in [1.165, 1.54) is 6.92 Å². The third-order valence-electron chi connectivity index (χ3n) is 3.57. The van der Waals surface area contributed by atoms with Crippen LogP contribution in [0, 0.1) is 0 Å². The first-order valence-electron chi connectivity index (χ1n) is 7.82. The van der Waals surface area contributed by atoms with Crippen molar-refractivity contribution in [1.29, 1.82) is 0 Å². The van der Waals surface area contributed by atoms with Gasteiger partial charge in [0.1, 0.15) is 5.75 Å². The molecule has 1 rings (SSSR count). The highest BCUT2D eigenvalue weighted by Gasteiger charge is 2.83. The lowest BCUT2D eigenvalue weighted by molar-refractivity contribution is -0.246. The van der Waals surface area contributed by atoms with Crippen LogP contribution < -0.4 is 9.50 Å². The molecule has 0 aliphatic heterocycles. The first-order valence-corrected chi connectivity index (χ1v) is 10.6. The zero-order valence-corrected chi connectivity index (χ0v) is 17.0. The molecule has 0 spiro atoms. The molecular weight excluding hydrogens is 487 g/mol. The van der Waals surface area contributed by atoms with E-state index in [1.54, 1.807) is 0 Å². The van der Waals surface area contributed by atoms with Crippen LogP contribution in [0.3, 0.4) is 0 Å². The van der Waals surface area contributed by atoms with Crippen LogP contribution in [0.25, 0.3) is 0 Å².